The SMILES string of the molecule is CCc1cc(N(C)c2ccc(-c3c(-c4nn[nH]n4)csc3Br)cc2)n2nccc2n1. The smallest absolute Gasteiger partial charge is 0.206 e. The quantitative estimate of drug-likeness (QED) is 0.391. The highest BCUT2D eigenvalue weighted by molar-refractivity contribution is 9.11. The van der Waals surface area contributed by atoms with Gasteiger partial charge in [-0.1, -0.05) is 19.1 Å². The first-order valence-electron chi connectivity index (χ1n) is 9.34. The molecule has 4 heterocycles. The van der Waals surface area contributed by atoms with Crippen LogP contribution in [0.15, 0.2) is 51.8 Å². The summed E-state index contributed by atoms with van der Waals surface area (Å²) in [6.45, 7) is 2.10. The van der Waals surface area contributed by atoms with Gasteiger partial charge in [-0.3, -0.25) is 0 Å². The Bertz CT molecular complexity index is 1310. The molecule has 0 bridgehead atoms. The minimum atomic E-state index is 0.582. The van der Waals surface area contributed by atoms with Gasteiger partial charge >= 0.3 is 0 Å². The Hall–Kier alpha value is -3.11. The number of anilines is 2. The zero-order valence-electron chi connectivity index (χ0n) is 16.2. The number of hydrogen-bond acceptors (Lipinski definition) is 7. The first kappa shape index (κ1) is 18.9. The summed E-state index contributed by atoms with van der Waals surface area (Å²) in [5.74, 6) is 1.55. The van der Waals surface area contributed by atoms with Crippen molar-refractivity contribution in [3.8, 4) is 22.5 Å². The molecule has 0 atom stereocenters. The number of aryl methyl sites for hydroxylation is 1. The molecule has 0 saturated heterocycles. The molecule has 150 valence electrons. The molecule has 0 saturated carbocycles. The second kappa shape index (κ2) is 7.62. The molecule has 0 aliphatic rings. The molecule has 0 aliphatic carbocycles. The van der Waals surface area contributed by atoms with Crippen LogP contribution in [-0.2, 0) is 6.42 Å². The van der Waals surface area contributed by atoms with Gasteiger partial charge in [0.1, 0.15) is 5.82 Å². The standard InChI is InChI=1S/C20H17BrN8S/c1-3-13-10-17(29-16(23-13)8-9-22-29)28(2)14-6-4-12(5-7-14)18-15(11-30-19(18)21)20-24-26-27-25-20/h4-11H,3H2,1-2H3,(H,24,25,26,27). The molecule has 5 rings (SSSR count). The van der Waals surface area contributed by atoms with Crippen LogP contribution >= 0.6 is 27.3 Å². The lowest BCUT2D eigenvalue weighted by Gasteiger charge is -2.21. The van der Waals surface area contributed by atoms with E-state index in [1.165, 1.54) is 0 Å². The highest BCUT2D eigenvalue weighted by Crippen LogP contribution is 2.41. The fourth-order valence-electron chi connectivity index (χ4n) is 3.39. The summed E-state index contributed by atoms with van der Waals surface area (Å²) >= 11 is 5.27. The fourth-order valence-corrected chi connectivity index (χ4v) is 4.91. The average Bonchev–Trinajstić information content (AvgIpc) is 3.53. The van der Waals surface area contributed by atoms with Crippen molar-refractivity contribution >= 4 is 44.4 Å². The summed E-state index contributed by atoms with van der Waals surface area (Å²) in [6, 6.07) is 12.4. The lowest BCUT2D eigenvalue weighted by molar-refractivity contribution is 0.881. The summed E-state index contributed by atoms with van der Waals surface area (Å²) in [6.07, 6.45) is 2.64. The van der Waals surface area contributed by atoms with Crippen molar-refractivity contribution in [3.63, 3.8) is 0 Å². The van der Waals surface area contributed by atoms with Crippen LogP contribution in [0.4, 0.5) is 11.5 Å². The molecule has 8 nitrogen and oxygen atoms in total. The van der Waals surface area contributed by atoms with Gasteiger partial charge in [0.2, 0.25) is 5.82 Å². The van der Waals surface area contributed by atoms with E-state index in [2.05, 4.69) is 88.8 Å². The van der Waals surface area contributed by atoms with Gasteiger partial charge in [0.15, 0.2) is 5.65 Å². The van der Waals surface area contributed by atoms with E-state index in [0.29, 0.717) is 5.82 Å². The molecule has 0 aliphatic heterocycles. The molecule has 1 aromatic carbocycles. The number of nitrogens with one attached hydrogen (secondary N) is 1. The Balaban J connectivity index is 1.53. The zero-order chi connectivity index (χ0) is 20.7. The number of tetrazole rings is 1. The molecular weight excluding hydrogens is 464 g/mol. The summed E-state index contributed by atoms with van der Waals surface area (Å²) in [4.78, 5) is 6.75. The second-order valence-electron chi connectivity index (χ2n) is 6.70. The van der Waals surface area contributed by atoms with Gasteiger partial charge in [-0.2, -0.15) is 14.8 Å². The highest BCUT2D eigenvalue weighted by atomic mass is 79.9. The van der Waals surface area contributed by atoms with E-state index >= 15 is 0 Å². The topological polar surface area (TPSA) is 87.9 Å². The Morgan fingerprint density at radius 2 is 2.03 bits per heavy atom. The van der Waals surface area contributed by atoms with E-state index in [4.69, 9.17) is 0 Å². The Labute approximate surface area is 184 Å². The number of halogens is 1. The molecule has 0 spiro atoms. The Kier molecular flexibility index (Phi) is 4.80. The van der Waals surface area contributed by atoms with E-state index in [-0.39, 0.29) is 0 Å². The zero-order valence-corrected chi connectivity index (χ0v) is 18.6. The van der Waals surface area contributed by atoms with Crippen molar-refractivity contribution in [2.75, 3.05) is 11.9 Å². The number of benzene rings is 1. The van der Waals surface area contributed by atoms with E-state index in [0.717, 1.165) is 49.7 Å². The first-order chi connectivity index (χ1) is 14.7. The number of H-pyrrole nitrogens is 1. The largest absolute Gasteiger partial charge is 0.329 e. The van der Waals surface area contributed by atoms with Crippen LogP contribution in [0.5, 0.6) is 0 Å². The van der Waals surface area contributed by atoms with Crippen LogP contribution in [-0.4, -0.2) is 42.3 Å². The molecule has 0 fully saturated rings. The number of aromatic nitrogens is 7. The number of aromatic amines is 1. The molecule has 0 unspecified atom stereocenters. The van der Waals surface area contributed by atoms with E-state index in [1.807, 2.05) is 23.0 Å². The predicted octanol–water partition coefficient (Wildman–Crippen LogP) is 4.73. The number of hydrogen-bond donors (Lipinski definition) is 1. The molecule has 30 heavy (non-hydrogen) atoms. The average molecular weight is 481 g/mol. The van der Waals surface area contributed by atoms with Gasteiger partial charge in [-0.05, 0) is 45.3 Å². The maximum atomic E-state index is 4.63. The van der Waals surface area contributed by atoms with Crippen LogP contribution in [0.3, 0.4) is 0 Å². The summed E-state index contributed by atoms with van der Waals surface area (Å²) < 4.78 is 2.89. The number of rotatable bonds is 5. The molecule has 1 N–H and O–H groups in total. The van der Waals surface area contributed by atoms with Crippen molar-refractivity contribution in [2.24, 2.45) is 0 Å². The normalized spacial score (nSPS) is 11.3. The van der Waals surface area contributed by atoms with Crippen LogP contribution in [0, 0.1) is 0 Å². The summed E-state index contributed by atoms with van der Waals surface area (Å²) in [5, 5.41) is 20.9. The number of nitrogens with zero attached hydrogens (tertiary/aromatic N) is 7. The minimum Gasteiger partial charge on any atom is -0.329 e. The molecule has 0 amide bonds. The van der Waals surface area contributed by atoms with Crippen molar-refractivity contribution < 1.29 is 0 Å². The van der Waals surface area contributed by atoms with Crippen LogP contribution in [0.25, 0.3) is 28.2 Å². The van der Waals surface area contributed by atoms with Gasteiger partial charge in [0.05, 0.1) is 9.98 Å². The van der Waals surface area contributed by atoms with E-state index in [1.54, 1.807) is 17.5 Å². The second-order valence-corrected chi connectivity index (χ2v) is 8.90. The Morgan fingerprint density at radius 1 is 1.20 bits per heavy atom. The third-order valence-corrected chi connectivity index (χ3v) is 6.70. The Morgan fingerprint density at radius 3 is 2.77 bits per heavy atom. The van der Waals surface area contributed by atoms with Gasteiger partial charge in [0, 0.05) is 47.1 Å². The maximum Gasteiger partial charge on any atom is 0.206 e. The maximum absolute atomic E-state index is 4.63. The predicted molar refractivity (Wildman–Crippen MR) is 121 cm³/mol. The summed E-state index contributed by atoms with van der Waals surface area (Å²) in [7, 11) is 2.04. The number of fused-ring (bicyclic) bond motifs is 1. The van der Waals surface area contributed by atoms with Gasteiger partial charge in [-0.15, -0.1) is 21.5 Å². The van der Waals surface area contributed by atoms with E-state index < -0.39 is 0 Å². The third-order valence-electron chi connectivity index (χ3n) is 4.98. The molecule has 5 aromatic rings. The van der Waals surface area contributed by atoms with Crippen molar-refractivity contribution in [1.29, 1.82) is 0 Å². The summed E-state index contributed by atoms with van der Waals surface area (Å²) in [5.41, 5.74) is 6.02. The lowest BCUT2D eigenvalue weighted by Crippen LogP contribution is -2.15. The van der Waals surface area contributed by atoms with Gasteiger partial charge < -0.3 is 4.90 Å². The molecule has 0 radical (unpaired) electrons. The minimum absolute atomic E-state index is 0.582. The van der Waals surface area contributed by atoms with Crippen LogP contribution in [0.1, 0.15) is 12.6 Å². The van der Waals surface area contributed by atoms with Crippen molar-refractivity contribution in [1.82, 2.24) is 35.2 Å². The highest BCUT2D eigenvalue weighted by Gasteiger charge is 2.18. The molecular formula is C20H17BrN8S. The lowest BCUT2D eigenvalue weighted by atomic mass is 10.0. The number of thiophene rings is 1. The first-order valence-corrected chi connectivity index (χ1v) is 11.0. The molecule has 4 aromatic heterocycles. The van der Waals surface area contributed by atoms with Crippen LogP contribution < -0.4 is 4.90 Å². The van der Waals surface area contributed by atoms with Gasteiger partial charge in [-0.25, -0.2) is 4.98 Å². The van der Waals surface area contributed by atoms with Crippen molar-refractivity contribution in [3.05, 3.63) is 57.5 Å². The third kappa shape index (κ3) is 3.17. The van der Waals surface area contributed by atoms with E-state index in [9.17, 15) is 0 Å². The van der Waals surface area contributed by atoms with Crippen molar-refractivity contribution in [2.45, 2.75) is 13.3 Å². The van der Waals surface area contributed by atoms with Crippen LogP contribution in [0.2, 0.25) is 0 Å². The molecule has 10 heteroatoms. The van der Waals surface area contributed by atoms with Gasteiger partial charge in [0.25, 0.3) is 0 Å². The monoisotopic (exact) mass is 480 g/mol. The fraction of sp³-hybridized carbons (Fsp3) is 0.150.